The third-order valence-corrected chi connectivity index (χ3v) is 4.19. The fourth-order valence-electron chi connectivity index (χ4n) is 1.67. The zero-order valence-corrected chi connectivity index (χ0v) is 13.8. The van der Waals surface area contributed by atoms with Crippen LogP contribution in [-0.2, 0) is 4.79 Å². The molecule has 0 fully saturated rings. The van der Waals surface area contributed by atoms with Crippen LogP contribution in [0.1, 0.15) is 22.5 Å². The Balaban J connectivity index is 1.73. The highest BCUT2D eigenvalue weighted by atomic mass is 35.5. The highest BCUT2D eigenvalue weighted by Gasteiger charge is 2.12. The van der Waals surface area contributed by atoms with Crippen molar-refractivity contribution in [1.82, 2.24) is 5.32 Å². The molecule has 2 rings (SSSR count). The fraction of sp³-hybridized carbons (Fsp3) is 0.200. The van der Waals surface area contributed by atoms with Gasteiger partial charge >= 0.3 is 5.97 Å². The van der Waals surface area contributed by atoms with E-state index in [1.165, 1.54) is 11.3 Å². The van der Waals surface area contributed by atoms with Crippen LogP contribution in [0.5, 0.6) is 5.75 Å². The van der Waals surface area contributed by atoms with Crippen molar-refractivity contribution in [2.45, 2.75) is 12.8 Å². The lowest BCUT2D eigenvalue weighted by Crippen LogP contribution is -2.24. The Morgan fingerprint density at radius 2 is 1.86 bits per heavy atom. The molecule has 1 amide bonds. The topological polar surface area (TPSA) is 55.4 Å². The van der Waals surface area contributed by atoms with Crippen LogP contribution in [0.15, 0.2) is 35.7 Å². The second kappa shape index (κ2) is 8.17. The number of hydrogen-bond acceptors (Lipinski definition) is 4. The Hall–Kier alpha value is -1.56. The number of thiophene rings is 1. The minimum atomic E-state index is -0.444. The quantitative estimate of drug-likeness (QED) is 0.479. The monoisotopic (exact) mass is 357 g/mol. The fourth-order valence-corrected chi connectivity index (χ4v) is 2.79. The van der Waals surface area contributed by atoms with E-state index in [9.17, 15) is 9.59 Å². The average Bonchev–Trinajstić information content (AvgIpc) is 3.02. The van der Waals surface area contributed by atoms with E-state index in [2.05, 4.69) is 5.32 Å². The molecule has 116 valence electrons. The molecule has 7 heteroatoms. The number of rotatable bonds is 6. The van der Waals surface area contributed by atoms with Gasteiger partial charge < -0.3 is 10.1 Å². The number of hydrogen-bond donors (Lipinski definition) is 1. The van der Waals surface area contributed by atoms with Crippen molar-refractivity contribution < 1.29 is 14.3 Å². The van der Waals surface area contributed by atoms with Gasteiger partial charge in [-0.15, -0.1) is 11.3 Å². The van der Waals surface area contributed by atoms with Crippen molar-refractivity contribution in [1.29, 1.82) is 0 Å². The number of amides is 1. The van der Waals surface area contributed by atoms with Gasteiger partial charge in [-0.1, -0.05) is 35.3 Å². The molecular weight excluding hydrogens is 345 g/mol. The third kappa shape index (κ3) is 4.73. The van der Waals surface area contributed by atoms with Gasteiger partial charge in [0.1, 0.15) is 0 Å². The first-order chi connectivity index (χ1) is 10.6. The number of benzene rings is 1. The van der Waals surface area contributed by atoms with Gasteiger partial charge in [0.25, 0.3) is 5.91 Å². The summed E-state index contributed by atoms with van der Waals surface area (Å²) in [4.78, 5) is 24.1. The Labute approximate surface area is 142 Å². The molecule has 1 N–H and O–H groups in total. The van der Waals surface area contributed by atoms with E-state index >= 15 is 0 Å². The summed E-state index contributed by atoms with van der Waals surface area (Å²) < 4.78 is 5.14. The van der Waals surface area contributed by atoms with Gasteiger partial charge in [0.15, 0.2) is 5.75 Å². The lowest BCUT2D eigenvalue weighted by atomic mass is 10.3. The van der Waals surface area contributed by atoms with Crippen molar-refractivity contribution in [2.75, 3.05) is 6.54 Å². The van der Waals surface area contributed by atoms with Gasteiger partial charge in [-0.3, -0.25) is 9.59 Å². The van der Waals surface area contributed by atoms with Crippen molar-refractivity contribution in [3.05, 3.63) is 50.6 Å². The van der Waals surface area contributed by atoms with Crippen LogP contribution in [0, 0.1) is 0 Å². The van der Waals surface area contributed by atoms with Gasteiger partial charge in [-0.25, -0.2) is 0 Å². The van der Waals surface area contributed by atoms with Gasteiger partial charge in [0.05, 0.1) is 14.9 Å². The van der Waals surface area contributed by atoms with Crippen LogP contribution in [-0.4, -0.2) is 18.4 Å². The minimum Gasteiger partial charge on any atom is -0.423 e. The molecule has 1 heterocycles. The first-order valence-electron chi connectivity index (χ1n) is 6.54. The van der Waals surface area contributed by atoms with Crippen molar-refractivity contribution >= 4 is 46.4 Å². The van der Waals surface area contributed by atoms with Crippen LogP contribution >= 0.6 is 34.5 Å². The van der Waals surface area contributed by atoms with Crippen molar-refractivity contribution in [3.8, 4) is 5.75 Å². The van der Waals surface area contributed by atoms with Crippen LogP contribution < -0.4 is 10.1 Å². The molecule has 0 aliphatic heterocycles. The first kappa shape index (κ1) is 16.8. The maximum Gasteiger partial charge on any atom is 0.311 e. The third-order valence-electron chi connectivity index (χ3n) is 2.72. The lowest BCUT2D eigenvalue weighted by molar-refractivity contribution is -0.134. The van der Waals surface area contributed by atoms with E-state index in [4.69, 9.17) is 27.9 Å². The van der Waals surface area contributed by atoms with Crippen molar-refractivity contribution in [2.24, 2.45) is 0 Å². The summed E-state index contributed by atoms with van der Waals surface area (Å²) in [7, 11) is 0. The van der Waals surface area contributed by atoms with Crippen LogP contribution in [0.4, 0.5) is 0 Å². The van der Waals surface area contributed by atoms with Gasteiger partial charge in [0.2, 0.25) is 0 Å². The molecule has 22 heavy (non-hydrogen) atoms. The van der Waals surface area contributed by atoms with E-state index in [1.807, 2.05) is 11.4 Å². The summed E-state index contributed by atoms with van der Waals surface area (Å²) in [5.41, 5.74) is 0. The van der Waals surface area contributed by atoms with Crippen LogP contribution in [0.3, 0.4) is 0 Å². The predicted molar refractivity (Wildman–Crippen MR) is 88.0 cm³/mol. The van der Waals surface area contributed by atoms with Crippen LogP contribution in [0.25, 0.3) is 0 Å². The van der Waals surface area contributed by atoms with Gasteiger partial charge in [0, 0.05) is 13.0 Å². The zero-order valence-electron chi connectivity index (χ0n) is 11.5. The number of carbonyl (C=O) groups is 2. The van der Waals surface area contributed by atoms with Crippen molar-refractivity contribution in [3.63, 3.8) is 0 Å². The molecule has 1 aromatic heterocycles. The number of halogens is 2. The Bertz CT molecular complexity index is 639. The molecule has 1 aromatic carbocycles. The summed E-state index contributed by atoms with van der Waals surface area (Å²) in [6.45, 7) is 0.391. The Kier molecular flexibility index (Phi) is 6.24. The highest BCUT2D eigenvalue weighted by Crippen LogP contribution is 2.32. The van der Waals surface area contributed by atoms with Gasteiger partial charge in [-0.2, -0.15) is 0 Å². The molecule has 0 aliphatic rings. The molecule has 0 bridgehead atoms. The summed E-state index contributed by atoms with van der Waals surface area (Å²) in [6, 6.07) is 8.41. The second-order valence-electron chi connectivity index (χ2n) is 4.36. The SMILES string of the molecule is O=C(CCCNC(=O)c1cccs1)Oc1c(Cl)cccc1Cl. The highest BCUT2D eigenvalue weighted by molar-refractivity contribution is 7.12. The minimum absolute atomic E-state index is 0.141. The molecule has 0 radical (unpaired) electrons. The number of nitrogens with one attached hydrogen (secondary N) is 1. The average molecular weight is 358 g/mol. The molecule has 0 atom stereocenters. The number of carbonyl (C=O) groups excluding carboxylic acids is 2. The number of ether oxygens (including phenoxy) is 1. The number of para-hydroxylation sites is 1. The molecule has 2 aromatic rings. The lowest BCUT2D eigenvalue weighted by Gasteiger charge is -2.08. The molecule has 0 spiro atoms. The summed E-state index contributed by atoms with van der Waals surface area (Å²) in [6.07, 6.45) is 0.629. The van der Waals surface area contributed by atoms with E-state index in [0.29, 0.717) is 17.8 Å². The standard InChI is InChI=1S/C15H13Cl2NO3S/c16-10-4-1-5-11(17)14(10)21-13(19)7-2-8-18-15(20)12-6-3-9-22-12/h1,3-6,9H,2,7-8H2,(H,18,20). The molecular formula is C15H13Cl2NO3S. The Morgan fingerprint density at radius 1 is 1.14 bits per heavy atom. The summed E-state index contributed by atoms with van der Waals surface area (Å²) >= 11 is 13.2. The van der Waals surface area contributed by atoms with E-state index in [1.54, 1.807) is 24.3 Å². The zero-order chi connectivity index (χ0) is 15.9. The van der Waals surface area contributed by atoms with Crippen LogP contribution in [0.2, 0.25) is 10.0 Å². The van der Waals surface area contributed by atoms with E-state index < -0.39 is 5.97 Å². The molecule has 0 aliphatic carbocycles. The normalized spacial score (nSPS) is 10.3. The first-order valence-corrected chi connectivity index (χ1v) is 8.18. The summed E-state index contributed by atoms with van der Waals surface area (Å²) in [5, 5.41) is 5.14. The van der Waals surface area contributed by atoms with Gasteiger partial charge in [-0.05, 0) is 30.0 Å². The molecule has 4 nitrogen and oxygen atoms in total. The maximum absolute atomic E-state index is 11.7. The smallest absolute Gasteiger partial charge is 0.311 e. The second-order valence-corrected chi connectivity index (χ2v) is 6.12. The largest absolute Gasteiger partial charge is 0.423 e. The summed E-state index contributed by atoms with van der Waals surface area (Å²) in [5.74, 6) is -0.420. The molecule has 0 unspecified atom stereocenters. The van der Waals surface area contributed by atoms with E-state index in [-0.39, 0.29) is 28.1 Å². The Morgan fingerprint density at radius 3 is 2.50 bits per heavy atom. The van der Waals surface area contributed by atoms with E-state index in [0.717, 1.165) is 0 Å². The molecule has 0 saturated heterocycles. The predicted octanol–water partition coefficient (Wildman–Crippen LogP) is 4.17. The molecule has 0 saturated carbocycles. The number of esters is 1. The maximum atomic E-state index is 11.7.